The van der Waals surface area contributed by atoms with E-state index in [0.717, 1.165) is 38.1 Å². The summed E-state index contributed by atoms with van der Waals surface area (Å²) in [6, 6.07) is 20.9. The minimum atomic E-state index is -0.248. The second-order valence-corrected chi connectivity index (χ2v) is 12.5. The van der Waals surface area contributed by atoms with Gasteiger partial charge in [-0.25, -0.2) is 4.98 Å². The maximum Gasteiger partial charge on any atom is 0.262 e. The fourth-order valence-corrected chi connectivity index (χ4v) is 6.81. The van der Waals surface area contributed by atoms with Crippen LogP contribution in [0.1, 0.15) is 28.8 Å². The summed E-state index contributed by atoms with van der Waals surface area (Å²) in [6.07, 6.45) is 1.98. The lowest BCUT2D eigenvalue weighted by molar-refractivity contribution is -0.119. The quantitative estimate of drug-likeness (QED) is 0.217. The highest BCUT2D eigenvalue weighted by Gasteiger charge is 2.24. The molecule has 1 atom stereocenters. The number of para-hydroxylation sites is 1. The van der Waals surface area contributed by atoms with E-state index in [2.05, 4.69) is 22.3 Å². The highest BCUT2D eigenvalue weighted by atomic mass is 32.2. The molecule has 0 bridgehead atoms. The number of ether oxygens (including phenoxy) is 3. The number of thioether (sulfide) groups is 1. The first-order valence-corrected chi connectivity index (χ1v) is 16.5. The van der Waals surface area contributed by atoms with Gasteiger partial charge in [-0.15, -0.1) is 0 Å². The standard InChI is InChI=1S/C34H35N5O6S/c40-31(35-19-26-7-4-16-43-26)21-46-34-36-28-18-30-29(44-22-45-30)17-27(28)33(42)39(34)20-23-8-10-24(11-9-23)32(41)38-14-12-37(13-15-38)25-5-2-1-3-6-25/h1-3,5-6,8-11,17-18,26H,4,7,12-16,19-22H2,(H,35,40). The van der Waals surface area contributed by atoms with Gasteiger partial charge >= 0.3 is 0 Å². The Bertz CT molecular complexity index is 1780. The molecule has 46 heavy (non-hydrogen) atoms. The Kier molecular flexibility index (Phi) is 8.80. The largest absolute Gasteiger partial charge is 0.454 e. The zero-order valence-corrected chi connectivity index (χ0v) is 26.2. The predicted octanol–water partition coefficient (Wildman–Crippen LogP) is 3.52. The van der Waals surface area contributed by atoms with E-state index in [4.69, 9.17) is 19.2 Å². The number of aromatic nitrogens is 2. The second kappa shape index (κ2) is 13.4. The summed E-state index contributed by atoms with van der Waals surface area (Å²) in [5, 5.41) is 3.75. The molecule has 1 N–H and O–H groups in total. The molecule has 1 unspecified atom stereocenters. The molecule has 2 saturated heterocycles. The molecule has 3 aliphatic heterocycles. The number of nitrogens with one attached hydrogen (secondary N) is 1. The number of hydrogen-bond acceptors (Lipinski definition) is 9. The van der Waals surface area contributed by atoms with E-state index < -0.39 is 0 Å². The number of rotatable bonds is 9. The summed E-state index contributed by atoms with van der Waals surface area (Å²) in [7, 11) is 0. The van der Waals surface area contributed by atoms with Crippen LogP contribution in [0, 0.1) is 0 Å². The van der Waals surface area contributed by atoms with Crippen molar-refractivity contribution in [2.75, 3.05) is 56.8 Å². The van der Waals surface area contributed by atoms with E-state index in [1.807, 2.05) is 47.4 Å². The van der Waals surface area contributed by atoms with Gasteiger partial charge in [-0.3, -0.25) is 19.0 Å². The number of hydrogen-bond donors (Lipinski definition) is 1. The van der Waals surface area contributed by atoms with E-state index in [1.54, 1.807) is 16.7 Å². The van der Waals surface area contributed by atoms with E-state index in [9.17, 15) is 14.4 Å². The maximum atomic E-state index is 13.8. The normalized spacial score (nSPS) is 17.4. The Labute approximate surface area is 270 Å². The van der Waals surface area contributed by atoms with Gasteiger partial charge in [0.2, 0.25) is 12.7 Å². The van der Waals surface area contributed by atoms with E-state index in [-0.39, 0.29) is 42.6 Å². The van der Waals surface area contributed by atoms with Crippen LogP contribution in [0.25, 0.3) is 10.9 Å². The summed E-state index contributed by atoms with van der Waals surface area (Å²) in [6.45, 7) is 4.34. The number of amides is 2. The lowest BCUT2D eigenvalue weighted by Crippen LogP contribution is -2.48. The van der Waals surface area contributed by atoms with E-state index in [1.165, 1.54) is 17.4 Å². The molecule has 0 saturated carbocycles. The Morgan fingerprint density at radius 1 is 0.957 bits per heavy atom. The van der Waals surface area contributed by atoms with Crippen molar-refractivity contribution in [2.24, 2.45) is 0 Å². The molecule has 4 aromatic rings. The van der Waals surface area contributed by atoms with Crippen LogP contribution in [0.2, 0.25) is 0 Å². The van der Waals surface area contributed by atoms with Crippen LogP contribution < -0.4 is 25.2 Å². The topological polar surface area (TPSA) is 115 Å². The van der Waals surface area contributed by atoms with Gasteiger partial charge in [0.15, 0.2) is 16.7 Å². The van der Waals surface area contributed by atoms with Gasteiger partial charge in [-0.05, 0) is 48.7 Å². The van der Waals surface area contributed by atoms with Crippen molar-refractivity contribution < 1.29 is 23.8 Å². The lowest BCUT2D eigenvalue weighted by atomic mass is 10.1. The molecule has 0 aliphatic carbocycles. The van der Waals surface area contributed by atoms with Crippen molar-refractivity contribution in [3.8, 4) is 11.5 Å². The second-order valence-electron chi connectivity index (χ2n) is 11.5. The molecule has 3 aliphatic rings. The fraction of sp³-hybridized carbons (Fsp3) is 0.353. The van der Waals surface area contributed by atoms with Crippen molar-refractivity contribution in [3.63, 3.8) is 0 Å². The predicted molar refractivity (Wildman–Crippen MR) is 175 cm³/mol. The zero-order valence-electron chi connectivity index (χ0n) is 25.4. The van der Waals surface area contributed by atoms with Crippen LogP contribution in [0.4, 0.5) is 5.69 Å². The van der Waals surface area contributed by atoms with Gasteiger partial charge in [-0.2, -0.15) is 0 Å². The number of nitrogens with zero attached hydrogens (tertiary/aromatic N) is 4. The summed E-state index contributed by atoms with van der Waals surface area (Å²) < 4.78 is 18.2. The Balaban J connectivity index is 1.06. The van der Waals surface area contributed by atoms with Crippen LogP contribution in [-0.2, 0) is 16.1 Å². The molecule has 0 spiro atoms. The van der Waals surface area contributed by atoms with Crippen LogP contribution in [-0.4, -0.2) is 84.2 Å². The third-order valence-electron chi connectivity index (χ3n) is 8.53. The summed E-state index contributed by atoms with van der Waals surface area (Å²) >= 11 is 1.21. The van der Waals surface area contributed by atoms with Crippen LogP contribution in [0.15, 0.2) is 76.7 Å². The van der Waals surface area contributed by atoms with Crippen molar-refractivity contribution in [1.82, 2.24) is 19.8 Å². The molecule has 1 aromatic heterocycles. The van der Waals surface area contributed by atoms with Crippen LogP contribution in [0.5, 0.6) is 11.5 Å². The smallest absolute Gasteiger partial charge is 0.262 e. The van der Waals surface area contributed by atoms with Gasteiger partial charge in [0.1, 0.15) is 0 Å². The molecular formula is C34H35N5O6S. The average Bonchev–Trinajstić information content (AvgIpc) is 3.80. The number of anilines is 1. The molecule has 2 fully saturated rings. The Morgan fingerprint density at radius 2 is 1.72 bits per heavy atom. The van der Waals surface area contributed by atoms with Crippen molar-refractivity contribution in [2.45, 2.75) is 30.6 Å². The molecule has 11 nitrogen and oxygen atoms in total. The first-order valence-electron chi connectivity index (χ1n) is 15.6. The molecule has 3 aromatic carbocycles. The molecular weight excluding hydrogens is 606 g/mol. The fourth-order valence-electron chi connectivity index (χ4n) is 5.98. The molecule has 238 valence electrons. The van der Waals surface area contributed by atoms with Crippen molar-refractivity contribution >= 4 is 40.2 Å². The van der Waals surface area contributed by atoms with Crippen molar-refractivity contribution in [1.29, 1.82) is 0 Å². The number of fused-ring (bicyclic) bond motifs is 2. The Hall–Kier alpha value is -4.55. The highest BCUT2D eigenvalue weighted by molar-refractivity contribution is 7.99. The number of carbonyl (C=O) groups excluding carboxylic acids is 2. The summed E-state index contributed by atoms with van der Waals surface area (Å²) in [4.78, 5) is 48.8. The van der Waals surface area contributed by atoms with Gasteiger partial charge in [0.25, 0.3) is 11.5 Å². The highest BCUT2D eigenvalue weighted by Crippen LogP contribution is 2.35. The van der Waals surface area contributed by atoms with Gasteiger partial charge in [0.05, 0.1) is 29.3 Å². The lowest BCUT2D eigenvalue weighted by Gasteiger charge is -2.36. The van der Waals surface area contributed by atoms with Gasteiger partial charge in [-0.1, -0.05) is 42.1 Å². The van der Waals surface area contributed by atoms with Gasteiger partial charge < -0.3 is 29.3 Å². The maximum absolute atomic E-state index is 13.8. The minimum Gasteiger partial charge on any atom is -0.454 e. The number of benzene rings is 3. The molecule has 7 rings (SSSR count). The van der Waals surface area contributed by atoms with E-state index >= 15 is 0 Å². The average molecular weight is 642 g/mol. The minimum absolute atomic E-state index is 0.00913. The molecule has 0 radical (unpaired) electrons. The zero-order chi connectivity index (χ0) is 31.5. The third kappa shape index (κ3) is 6.54. The molecule has 12 heteroatoms. The monoisotopic (exact) mass is 641 g/mol. The molecule has 2 amide bonds. The summed E-state index contributed by atoms with van der Waals surface area (Å²) in [5.41, 5.74) is 2.83. The summed E-state index contributed by atoms with van der Waals surface area (Å²) in [5.74, 6) is 0.966. The van der Waals surface area contributed by atoms with E-state index in [0.29, 0.717) is 52.8 Å². The van der Waals surface area contributed by atoms with Gasteiger partial charge in [0, 0.05) is 56.6 Å². The van der Waals surface area contributed by atoms with Crippen LogP contribution >= 0.6 is 11.8 Å². The first kappa shape index (κ1) is 30.1. The van der Waals surface area contributed by atoms with Crippen LogP contribution in [0.3, 0.4) is 0 Å². The SMILES string of the molecule is O=C(CSc1nc2cc3c(cc2c(=O)n1Cc1ccc(C(=O)N2CCN(c4ccccc4)CC2)cc1)OCO3)NCC1CCCO1. The number of carbonyl (C=O) groups is 2. The third-order valence-corrected chi connectivity index (χ3v) is 9.50. The first-order chi connectivity index (χ1) is 22.5. The number of piperazine rings is 1. The Morgan fingerprint density at radius 3 is 2.46 bits per heavy atom. The molecule has 4 heterocycles. The van der Waals surface area contributed by atoms with Crippen molar-refractivity contribution in [3.05, 3.63) is 88.2 Å².